The Labute approximate surface area is 140 Å². The fraction of sp³-hybridized carbons (Fsp3) is 0.429. The number of aromatic nitrogens is 4. The van der Waals surface area contributed by atoms with Gasteiger partial charge in [-0.3, -0.25) is 14.3 Å². The number of pyridine rings is 1. The molecule has 0 saturated heterocycles. The van der Waals surface area contributed by atoms with Gasteiger partial charge in [-0.15, -0.1) is 10.2 Å². The summed E-state index contributed by atoms with van der Waals surface area (Å²) in [7, 11) is 0. The first kappa shape index (κ1) is 18.2. The second kappa shape index (κ2) is 7.65. The number of halogens is 3. The van der Waals surface area contributed by atoms with E-state index in [1.54, 1.807) is 26.0 Å². The lowest BCUT2D eigenvalue weighted by Crippen LogP contribution is -2.31. The van der Waals surface area contributed by atoms with Crippen molar-refractivity contribution < 1.29 is 18.0 Å². The standard InChI is InChI=1S/C14H16F3N5OS/c1-3-19-12(23)9(2)24-13-21-20-11(10-4-6-18-7-5-10)22(13)8-14(15,16)17/h4-7,9H,3,8H2,1-2H3,(H,19,23). The molecule has 1 amide bonds. The molecule has 0 radical (unpaired) electrons. The fourth-order valence-electron chi connectivity index (χ4n) is 1.94. The van der Waals surface area contributed by atoms with Crippen molar-refractivity contribution in [2.45, 2.75) is 37.0 Å². The molecule has 6 nitrogen and oxygen atoms in total. The Hall–Kier alpha value is -2.10. The lowest BCUT2D eigenvalue weighted by Gasteiger charge is -2.14. The summed E-state index contributed by atoms with van der Waals surface area (Å²) in [6.45, 7) is 2.58. The molecule has 2 aromatic rings. The van der Waals surface area contributed by atoms with Crippen molar-refractivity contribution in [3.8, 4) is 11.4 Å². The third-order valence-corrected chi connectivity index (χ3v) is 4.08. The summed E-state index contributed by atoms with van der Waals surface area (Å²) >= 11 is 0.936. The van der Waals surface area contributed by atoms with Crippen molar-refractivity contribution in [2.24, 2.45) is 0 Å². The second-order valence-corrected chi connectivity index (χ2v) is 6.21. The van der Waals surface area contributed by atoms with Gasteiger partial charge >= 0.3 is 6.18 Å². The summed E-state index contributed by atoms with van der Waals surface area (Å²) < 4.78 is 39.8. The van der Waals surface area contributed by atoms with E-state index in [-0.39, 0.29) is 16.9 Å². The maximum absolute atomic E-state index is 12.9. The molecule has 2 heterocycles. The van der Waals surface area contributed by atoms with Crippen molar-refractivity contribution >= 4 is 17.7 Å². The highest BCUT2D eigenvalue weighted by Gasteiger charge is 2.32. The van der Waals surface area contributed by atoms with Crippen LogP contribution in [0.2, 0.25) is 0 Å². The summed E-state index contributed by atoms with van der Waals surface area (Å²) in [5.74, 6) is -0.185. The molecule has 2 rings (SSSR count). The molecule has 1 unspecified atom stereocenters. The Morgan fingerprint density at radius 1 is 1.33 bits per heavy atom. The Kier molecular flexibility index (Phi) is 5.81. The van der Waals surface area contributed by atoms with E-state index < -0.39 is 18.0 Å². The number of nitrogens with zero attached hydrogens (tertiary/aromatic N) is 4. The van der Waals surface area contributed by atoms with Gasteiger partial charge in [0.15, 0.2) is 11.0 Å². The van der Waals surface area contributed by atoms with Gasteiger partial charge in [0.25, 0.3) is 0 Å². The van der Waals surface area contributed by atoms with Gasteiger partial charge in [-0.1, -0.05) is 11.8 Å². The fourth-order valence-corrected chi connectivity index (χ4v) is 2.81. The maximum Gasteiger partial charge on any atom is 0.406 e. The van der Waals surface area contributed by atoms with Crippen LogP contribution in [-0.4, -0.2) is 43.6 Å². The van der Waals surface area contributed by atoms with Gasteiger partial charge in [0.2, 0.25) is 5.91 Å². The smallest absolute Gasteiger partial charge is 0.355 e. The van der Waals surface area contributed by atoms with E-state index in [0.717, 1.165) is 16.3 Å². The summed E-state index contributed by atoms with van der Waals surface area (Å²) in [5, 5.41) is 9.77. The average Bonchev–Trinajstić information content (AvgIpc) is 2.89. The summed E-state index contributed by atoms with van der Waals surface area (Å²) in [4.78, 5) is 15.6. The molecule has 1 atom stereocenters. The van der Waals surface area contributed by atoms with E-state index in [4.69, 9.17) is 0 Å². The largest absolute Gasteiger partial charge is 0.406 e. The molecular weight excluding hydrogens is 343 g/mol. The predicted octanol–water partition coefficient (Wildman–Crippen LogP) is 2.52. The van der Waals surface area contributed by atoms with E-state index in [9.17, 15) is 18.0 Å². The number of thioether (sulfide) groups is 1. The van der Waals surface area contributed by atoms with Crippen LogP contribution in [0.5, 0.6) is 0 Å². The zero-order valence-electron chi connectivity index (χ0n) is 13.0. The highest BCUT2D eigenvalue weighted by Crippen LogP contribution is 2.30. The number of nitrogens with one attached hydrogen (secondary N) is 1. The van der Waals surface area contributed by atoms with E-state index in [1.807, 2.05) is 0 Å². The zero-order chi connectivity index (χ0) is 17.7. The Morgan fingerprint density at radius 3 is 2.58 bits per heavy atom. The van der Waals surface area contributed by atoms with Crippen molar-refractivity contribution in [3.05, 3.63) is 24.5 Å². The molecule has 0 aromatic carbocycles. The van der Waals surface area contributed by atoms with Crippen LogP contribution in [0.1, 0.15) is 13.8 Å². The number of hydrogen-bond donors (Lipinski definition) is 1. The maximum atomic E-state index is 12.9. The van der Waals surface area contributed by atoms with Crippen molar-refractivity contribution in [2.75, 3.05) is 6.54 Å². The van der Waals surface area contributed by atoms with Crippen molar-refractivity contribution in [1.82, 2.24) is 25.1 Å². The predicted molar refractivity (Wildman–Crippen MR) is 83.3 cm³/mol. The summed E-state index contributed by atoms with van der Waals surface area (Å²) in [6.07, 6.45) is -1.51. The van der Waals surface area contributed by atoms with E-state index in [1.165, 1.54) is 12.4 Å². The minimum Gasteiger partial charge on any atom is -0.355 e. The minimum absolute atomic E-state index is 0.0397. The van der Waals surface area contributed by atoms with Crippen molar-refractivity contribution in [3.63, 3.8) is 0 Å². The number of carbonyl (C=O) groups excluding carboxylic acids is 1. The molecule has 10 heteroatoms. The monoisotopic (exact) mass is 359 g/mol. The summed E-state index contributed by atoms with van der Waals surface area (Å²) in [6, 6.07) is 3.11. The molecule has 0 fully saturated rings. The Balaban J connectivity index is 2.34. The van der Waals surface area contributed by atoms with Crippen LogP contribution < -0.4 is 5.32 Å². The number of carbonyl (C=O) groups is 1. The van der Waals surface area contributed by atoms with Gasteiger partial charge in [-0.05, 0) is 26.0 Å². The molecule has 1 N–H and O–H groups in total. The normalized spacial score (nSPS) is 12.9. The van der Waals surface area contributed by atoms with E-state index >= 15 is 0 Å². The molecule has 130 valence electrons. The molecule has 2 aromatic heterocycles. The summed E-state index contributed by atoms with van der Waals surface area (Å²) in [5.41, 5.74) is 0.472. The van der Waals surface area contributed by atoms with Crippen LogP contribution in [-0.2, 0) is 11.3 Å². The van der Waals surface area contributed by atoms with Gasteiger partial charge < -0.3 is 5.32 Å². The van der Waals surface area contributed by atoms with Gasteiger partial charge in [0, 0.05) is 24.5 Å². The van der Waals surface area contributed by atoms with Crippen LogP contribution in [0, 0.1) is 0 Å². The van der Waals surface area contributed by atoms with Gasteiger partial charge in [0.1, 0.15) is 6.54 Å². The highest BCUT2D eigenvalue weighted by atomic mass is 32.2. The molecular formula is C14H16F3N5OS. The lowest BCUT2D eigenvalue weighted by molar-refractivity contribution is -0.141. The molecule has 0 aliphatic rings. The highest BCUT2D eigenvalue weighted by molar-refractivity contribution is 8.00. The Bertz CT molecular complexity index is 689. The number of amides is 1. The third-order valence-electron chi connectivity index (χ3n) is 3.00. The van der Waals surface area contributed by atoms with Crippen LogP contribution in [0.25, 0.3) is 11.4 Å². The third kappa shape index (κ3) is 4.70. The topological polar surface area (TPSA) is 72.7 Å². The Morgan fingerprint density at radius 2 is 2.00 bits per heavy atom. The zero-order valence-corrected chi connectivity index (χ0v) is 13.9. The second-order valence-electron chi connectivity index (χ2n) is 4.90. The van der Waals surface area contributed by atoms with Crippen molar-refractivity contribution in [1.29, 1.82) is 0 Å². The molecule has 0 bridgehead atoms. The molecule has 0 aliphatic carbocycles. The van der Waals surface area contributed by atoms with Crippen LogP contribution in [0.15, 0.2) is 29.7 Å². The number of rotatable bonds is 6. The molecule has 0 spiro atoms. The first-order valence-corrected chi connectivity index (χ1v) is 8.04. The van der Waals surface area contributed by atoms with Gasteiger partial charge in [0.05, 0.1) is 5.25 Å². The van der Waals surface area contributed by atoms with Crippen LogP contribution in [0.4, 0.5) is 13.2 Å². The SMILES string of the molecule is CCNC(=O)C(C)Sc1nnc(-c2ccncc2)n1CC(F)(F)F. The minimum atomic E-state index is -4.44. The quantitative estimate of drug-likeness (QED) is 0.803. The van der Waals surface area contributed by atoms with E-state index in [0.29, 0.717) is 12.1 Å². The lowest BCUT2D eigenvalue weighted by atomic mass is 10.2. The first-order chi connectivity index (χ1) is 11.3. The average molecular weight is 359 g/mol. The first-order valence-electron chi connectivity index (χ1n) is 7.16. The van der Waals surface area contributed by atoms with Gasteiger partial charge in [-0.2, -0.15) is 13.2 Å². The van der Waals surface area contributed by atoms with Gasteiger partial charge in [-0.25, -0.2) is 0 Å². The van der Waals surface area contributed by atoms with E-state index in [2.05, 4.69) is 20.5 Å². The van der Waals surface area contributed by atoms with Crippen LogP contribution in [0.3, 0.4) is 0 Å². The van der Waals surface area contributed by atoms with Crippen LogP contribution >= 0.6 is 11.8 Å². The molecule has 0 saturated carbocycles. The molecule has 24 heavy (non-hydrogen) atoms. The number of alkyl halides is 3. The number of hydrogen-bond acceptors (Lipinski definition) is 5. The molecule has 0 aliphatic heterocycles.